The first-order valence-electron chi connectivity index (χ1n) is 6.65. The minimum Gasteiger partial charge on any atom is -0.287 e. The number of hydrogen-bond acceptors (Lipinski definition) is 2. The molecular formula is C17H16N2. The zero-order valence-electron chi connectivity index (χ0n) is 10.8. The molecule has 94 valence electrons. The van der Waals surface area contributed by atoms with E-state index in [2.05, 4.69) is 59.5 Å². The second-order valence-electron chi connectivity index (χ2n) is 4.90. The van der Waals surface area contributed by atoms with Crippen molar-refractivity contribution in [2.24, 2.45) is 0 Å². The van der Waals surface area contributed by atoms with Crippen LogP contribution >= 0.6 is 0 Å². The summed E-state index contributed by atoms with van der Waals surface area (Å²) in [6, 6.07) is 17.2. The van der Waals surface area contributed by atoms with Gasteiger partial charge in [0.1, 0.15) is 0 Å². The summed E-state index contributed by atoms with van der Waals surface area (Å²) in [5.41, 5.74) is 2.75. The normalized spacial score (nSPS) is 16.1. The summed E-state index contributed by atoms with van der Waals surface area (Å²) in [6.45, 7) is 2.38. The standard InChI is InChI=1S/C17H16N2/c18-10-13-19-11-8-15(9-12-19)17-7-3-5-14-4-1-2-6-16(14)17/h1-8H,9,11-13H2. The quantitative estimate of drug-likeness (QED) is 0.761. The van der Waals surface area contributed by atoms with Crippen LogP contribution in [-0.2, 0) is 0 Å². The zero-order chi connectivity index (χ0) is 13.1. The lowest BCUT2D eigenvalue weighted by Crippen LogP contribution is -2.28. The summed E-state index contributed by atoms with van der Waals surface area (Å²) in [6.07, 6.45) is 3.29. The number of rotatable bonds is 2. The SMILES string of the molecule is N#CCN1CC=C(c2cccc3ccccc23)CC1. The Kier molecular flexibility index (Phi) is 3.31. The van der Waals surface area contributed by atoms with E-state index in [-0.39, 0.29) is 0 Å². The molecule has 2 heteroatoms. The van der Waals surface area contributed by atoms with Crippen LogP contribution in [0.2, 0.25) is 0 Å². The van der Waals surface area contributed by atoms with E-state index in [0.717, 1.165) is 19.5 Å². The Morgan fingerprint density at radius 3 is 2.74 bits per heavy atom. The van der Waals surface area contributed by atoms with Crippen LogP contribution in [0.1, 0.15) is 12.0 Å². The molecule has 0 saturated heterocycles. The van der Waals surface area contributed by atoms with Crippen LogP contribution in [0, 0.1) is 11.3 Å². The lowest BCUT2D eigenvalue weighted by Gasteiger charge is -2.24. The fraction of sp³-hybridized carbons (Fsp3) is 0.235. The summed E-state index contributed by atoms with van der Waals surface area (Å²) in [5.74, 6) is 0. The van der Waals surface area contributed by atoms with Crippen LogP contribution < -0.4 is 0 Å². The third-order valence-corrected chi connectivity index (χ3v) is 3.72. The van der Waals surface area contributed by atoms with Gasteiger partial charge in [0.15, 0.2) is 0 Å². The molecule has 2 nitrogen and oxygen atoms in total. The van der Waals surface area contributed by atoms with Crippen molar-refractivity contribution in [3.05, 3.63) is 54.1 Å². The van der Waals surface area contributed by atoms with Crippen molar-refractivity contribution in [2.75, 3.05) is 19.6 Å². The number of fused-ring (bicyclic) bond motifs is 1. The Hall–Kier alpha value is -2.11. The molecule has 0 N–H and O–H groups in total. The Labute approximate surface area is 113 Å². The van der Waals surface area contributed by atoms with Crippen molar-refractivity contribution in [1.29, 1.82) is 5.26 Å². The van der Waals surface area contributed by atoms with Crippen LogP contribution in [0.25, 0.3) is 16.3 Å². The Balaban J connectivity index is 1.96. The van der Waals surface area contributed by atoms with E-state index in [9.17, 15) is 0 Å². The molecule has 3 rings (SSSR count). The molecule has 0 bridgehead atoms. The topological polar surface area (TPSA) is 27.0 Å². The molecule has 0 aliphatic carbocycles. The molecule has 19 heavy (non-hydrogen) atoms. The van der Waals surface area contributed by atoms with Gasteiger partial charge < -0.3 is 0 Å². The minimum atomic E-state index is 0.527. The third kappa shape index (κ3) is 2.38. The molecule has 1 aliphatic rings. The molecule has 2 aromatic rings. The average Bonchev–Trinajstić information content (AvgIpc) is 2.48. The van der Waals surface area contributed by atoms with Crippen LogP contribution in [-0.4, -0.2) is 24.5 Å². The Bertz CT molecular complexity index is 659. The largest absolute Gasteiger partial charge is 0.287 e. The van der Waals surface area contributed by atoms with Gasteiger partial charge in [-0.3, -0.25) is 4.90 Å². The van der Waals surface area contributed by atoms with Gasteiger partial charge >= 0.3 is 0 Å². The lowest BCUT2D eigenvalue weighted by molar-refractivity contribution is 0.338. The molecular weight excluding hydrogens is 232 g/mol. The van der Waals surface area contributed by atoms with Crippen LogP contribution in [0.5, 0.6) is 0 Å². The van der Waals surface area contributed by atoms with Gasteiger partial charge in [-0.25, -0.2) is 0 Å². The predicted octanol–water partition coefficient (Wildman–Crippen LogP) is 3.45. The van der Waals surface area contributed by atoms with Gasteiger partial charge in [-0.1, -0.05) is 48.5 Å². The summed E-state index contributed by atoms with van der Waals surface area (Å²) >= 11 is 0. The maximum Gasteiger partial charge on any atom is 0.0868 e. The summed E-state index contributed by atoms with van der Waals surface area (Å²) in [7, 11) is 0. The summed E-state index contributed by atoms with van der Waals surface area (Å²) in [4.78, 5) is 2.18. The molecule has 0 saturated carbocycles. The number of nitriles is 1. The molecule has 1 aliphatic heterocycles. The smallest absolute Gasteiger partial charge is 0.0868 e. The highest BCUT2D eigenvalue weighted by atomic mass is 15.1. The van der Waals surface area contributed by atoms with Crippen molar-refractivity contribution < 1.29 is 0 Å². The first-order chi connectivity index (χ1) is 9.38. The van der Waals surface area contributed by atoms with E-state index in [4.69, 9.17) is 5.26 Å². The summed E-state index contributed by atoms with van der Waals surface area (Å²) < 4.78 is 0. The molecule has 1 heterocycles. The minimum absolute atomic E-state index is 0.527. The highest BCUT2D eigenvalue weighted by molar-refractivity contribution is 5.94. The second kappa shape index (κ2) is 5.26. The van der Waals surface area contributed by atoms with E-state index in [1.807, 2.05) is 0 Å². The van der Waals surface area contributed by atoms with Crippen molar-refractivity contribution >= 4 is 16.3 Å². The van der Waals surface area contributed by atoms with E-state index >= 15 is 0 Å². The maximum atomic E-state index is 8.73. The van der Waals surface area contributed by atoms with Crippen molar-refractivity contribution in [3.8, 4) is 6.07 Å². The maximum absolute atomic E-state index is 8.73. The number of benzene rings is 2. The molecule has 0 amide bonds. The van der Waals surface area contributed by atoms with Crippen LogP contribution in [0.15, 0.2) is 48.5 Å². The van der Waals surface area contributed by atoms with Crippen LogP contribution in [0.4, 0.5) is 0 Å². The fourth-order valence-electron chi connectivity index (χ4n) is 2.70. The highest BCUT2D eigenvalue weighted by Crippen LogP contribution is 2.28. The zero-order valence-corrected chi connectivity index (χ0v) is 10.8. The Morgan fingerprint density at radius 2 is 1.95 bits per heavy atom. The van der Waals surface area contributed by atoms with E-state index < -0.39 is 0 Å². The Morgan fingerprint density at radius 1 is 1.11 bits per heavy atom. The van der Waals surface area contributed by atoms with Gasteiger partial charge in [-0.15, -0.1) is 0 Å². The summed E-state index contributed by atoms with van der Waals surface area (Å²) in [5, 5.41) is 11.3. The average molecular weight is 248 g/mol. The molecule has 0 unspecified atom stereocenters. The highest BCUT2D eigenvalue weighted by Gasteiger charge is 2.13. The number of nitrogens with zero attached hydrogens (tertiary/aromatic N) is 2. The van der Waals surface area contributed by atoms with Gasteiger partial charge in [-0.2, -0.15) is 5.26 Å². The number of hydrogen-bond donors (Lipinski definition) is 0. The fourth-order valence-corrected chi connectivity index (χ4v) is 2.70. The van der Waals surface area contributed by atoms with Crippen molar-refractivity contribution in [3.63, 3.8) is 0 Å². The van der Waals surface area contributed by atoms with Gasteiger partial charge in [0.25, 0.3) is 0 Å². The van der Waals surface area contributed by atoms with E-state index in [0.29, 0.717) is 6.54 Å². The van der Waals surface area contributed by atoms with Crippen molar-refractivity contribution in [2.45, 2.75) is 6.42 Å². The molecule has 0 fully saturated rings. The molecule has 0 spiro atoms. The molecule has 0 radical (unpaired) electrons. The first kappa shape index (κ1) is 12.0. The monoisotopic (exact) mass is 248 g/mol. The van der Waals surface area contributed by atoms with E-state index in [1.165, 1.54) is 21.9 Å². The first-order valence-corrected chi connectivity index (χ1v) is 6.65. The van der Waals surface area contributed by atoms with Crippen LogP contribution in [0.3, 0.4) is 0 Å². The molecule has 2 aromatic carbocycles. The third-order valence-electron chi connectivity index (χ3n) is 3.72. The molecule has 0 atom stereocenters. The van der Waals surface area contributed by atoms with Gasteiger partial charge in [0.2, 0.25) is 0 Å². The molecule has 0 aromatic heterocycles. The lowest BCUT2D eigenvalue weighted by atomic mass is 9.94. The van der Waals surface area contributed by atoms with Gasteiger partial charge in [0.05, 0.1) is 12.6 Å². The van der Waals surface area contributed by atoms with Crippen molar-refractivity contribution in [1.82, 2.24) is 4.90 Å². The van der Waals surface area contributed by atoms with Gasteiger partial charge in [0, 0.05) is 13.1 Å². The van der Waals surface area contributed by atoms with Gasteiger partial charge in [-0.05, 0) is 28.3 Å². The predicted molar refractivity (Wildman–Crippen MR) is 78.6 cm³/mol. The second-order valence-corrected chi connectivity index (χ2v) is 4.90. The van der Waals surface area contributed by atoms with E-state index in [1.54, 1.807) is 0 Å².